The third-order valence-electron chi connectivity index (χ3n) is 3.14. The predicted octanol–water partition coefficient (Wildman–Crippen LogP) is 2.34. The van der Waals surface area contributed by atoms with Gasteiger partial charge >= 0.3 is 11.9 Å². The summed E-state index contributed by atoms with van der Waals surface area (Å²) < 4.78 is 9.09. The molecule has 2 N–H and O–H groups in total. The molecule has 0 amide bonds. The van der Waals surface area contributed by atoms with Gasteiger partial charge in [-0.2, -0.15) is 0 Å². The van der Waals surface area contributed by atoms with Crippen LogP contribution in [0.5, 0.6) is 11.5 Å². The van der Waals surface area contributed by atoms with E-state index in [0.29, 0.717) is 11.1 Å². The molecule has 0 spiro atoms. The fourth-order valence-electron chi connectivity index (χ4n) is 1.99. The second-order valence-electron chi connectivity index (χ2n) is 4.45. The predicted molar refractivity (Wildman–Crippen MR) is 77.9 cm³/mol. The van der Waals surface area contributed by atoms with Gasteiger partial charge in [-0.1, -0.05) is 12.1 Å². The number of rotatable bonds is 3. The van der Waals surface area contributed by atoms with Crippen molar-refractivity contribution < 1.29 is 29.3 Å². The molecule has 0 saturated heterocycles. The fourth-order valence-corrected chi connectivity index (χ4v) is 1.99. The van der Waals surface area contributed by atoms with Crippen molar-refractivity contribution in [2.24, 2.45) is 0 Å². The Kier molecular flexibility index (Phi) is 4.31. The molecule has 22 heavy (non-hydrogen) atoms. The Bertz CT molecular complexity index is 672. The third kappa shape index (κ3) is 2.85. The standard InChI is InChI=1S/C16H14O6/c1-21-15(19)11-5-3-9(7-13(11)17)10-4-6-12(14(18)8-10)16(20)22-2/h3-8,17-18H,1-2H3. The maximum Gasteiger partial charge on any atom is 0.341 e. The van der Waals surface area contributed by atoms with Crippen LogP contribution in [0.15, 0.2) is 36.4 Å². The summed E-state index contributed by atoms with van der Waals surface area (Å²) in [6.45, 7) is 0. The van der Waals surface area contributed by atoms with E-state index in [-0.39, 0.29) is 22.6 Å². The summed E-state index contributed by atoms with van der Waals surface area (Å²) in [6, 6.07) is 8.78. The minimum absolute atomic E-state index is 0.0432. The van der Waals surface area contributed by atoms with Crippen LogP contribution >= 0.6 is 0 Å². The van der Waals surface area contributed by atoms with Gasteiger partial charge in [0.05, 0.1) is 14.2 Å². The number of ether oxygens (including phenoxy) is 2. The van der Waals surface area contributed by atoms with Crippen molar-refractivity contribution in [2.75, 3.05) is 14.2 Å². The zero-order valence-corrected chi connectivity index (χ0v) is 12.0. The lowest BCUT2D eigenvalue weighted by Gasteiger charge is -2.08. The maximum atomic E-state index is 11.4. The molecular weight excluding hydrogens is 288 g/mol. The lowest BCUT2D eigenvalue weighted by atomic mass is 10.0. The third-order valence-corrected chi connectivity index (χ3v) is 3.14. The Labute approximate surface area is 126 Å². The van der Waals surface area contributed by atoms with Gasteiger partial charge in [-0.3, -0.25) is 0 Å². The first-order valence-corrected chi connectivity index (χ1v) is 6.31. The van der Waals surface area contributed by atoms with Gasteiger partial charge in [-0.05, 0) is 35.4 Å². The molecule has 0 heterocycles. The number of phenolic OH excluding ortho intramolecular Hbond substituents is 2. The van der Waals surface area contributed by atoms with E-state index in [4.69, 9.17) is 0 Å². The summed E-state index contributed by atoms with van der Waals surface area (Å²) in [5.41, 5.74) is 1.22. The normalized spacial score (nSPS) is 10.1. The fraction of sp³-hybridized carbons (Fsp3) is 0.125. The summed E-state index contributed by atoms with van der Waals surface area (Å²) in [5, 5.41) is 19.7. The zero-order valence-electron chi connectivity index (χ0n) is 12.0. The van der Waals surface area contributed by atoms with Crippen LogP contribution in [-0.4, -0.2) is 36.4 Å². The zero-order chi connectivity index (χ0) is 16.3. The number of hydrogen-bond acceptors (Lipinski definition) is 6. The molecule has 0 atom stereocenters. The Morgan fingerprint density at radius 1 is 0.773 bits per heavy atom. The first-order chi connectivity index (χ1) is 10.5. The number of hydrogen-bond donors (Lipinski definition) is 2. The number of phenols is 2. The SMILES string of the molecule is COC(=O)c1ccc(-c2ccc(C(=O)OC)c(O)c2)cc1O. The molecule has 0 bridgehead atoms. The van der Waals surface area contributed by atoms with E-state index in [1.54, 1.807) is 12.1 Å². The van der Waals surface area contributed by atoms with Crippen molar-refractivity contribution >= 4 is 11.9 Å². The topological polar surface area (TPSA) is 93.1 Å². The molecule has 2 aromatic rings. The molecule has 0 aliphatic carbocycles. The number of benzene rings is 2. The van der Waals surface area contributed by atoms with E-state index in [0.717, 1.165) is 0 Å². The highest BCUT2D eigenvalue weighted by molar-refractivity contribution is 5.94. The summed E-state index contributed by atoms with van der Waals surface area (Å²) >= 11 is 0. The molecule has 2 rings (SSSR count). The lowest BCUT2D eigenvalue weighted by molar-refractivity contribution is 0.0588. The highest BCUT2D eigenvalue weighted by atomic mass is 16.5. The smallest absolute Gasteiger partial charge is 0.341 e. The van der Waals surface area contributed by atoms with E-state index < -0.39 is 11.9 Å². The summed E-state index contributed by atoms with van der Waals surface area (Å²) in [5.74, 6) is -1.76. The van der Waals surface area contributed by atoms with Gasteiger partial charge in [0.1, 0.15) is 22.6 Å². The number of carbonyl (C=O) groups excluding carboxylic acids is 2. The van der Waals surface area contributed by atoms with Crippen LogP contribution in [0, 0.1) is 0 Å². The number of esters is 2. The molecule has 114 valence electrons. The lowest BCUT2D eigenvalue weighted by Crippen LogP contribution is -2.02. The van der Waals surface area contributed by atoms with Crippen molar-refractivity contribution in [1.82, 2.24) is 0 Å². The van der Waals surface area contributed by atoms with Gasteiger partial charge in [0.25, 0.3) is 0 Å². The van der Waals surface area contributed by atoms with Gasteiger partial charge in [0.2, 0.25) is 0 Å². The molecule has 6 heteroatoms. The van der Waals surface area contributed by atoms with Crippen LogP contribution in [0.4, 0.5) is 0 Å². The summed E-state index contributed by atoms with van der Waals surface area (Å²) in [7, 11) is 2.44. The molecule has 0 fully saturated rings. The van der Waals surface area contributed by atoms with Crippen molar-refractivity contribution in [1.29, 1.82) is 0 Å². The number of methoxy groups -OCH3 is 2. The van der Waals surface area contributed by atoms with Crippen molar-refractivity contribution in [2.45, 2.75) is 0 Å². The maximum absolute atomic E-state index is 11.4. The van der Waals surface area contributed by atoms with Crippen molar-refractivity contribution in [3.05, 3.63) is 47.5 Å². The Morgan fingerprint density at radius 2 is 1.14 bits per heavy atom. The highest BCUT2D eigenvalue weighted by Gasteiger charge is 2.15. The van der Waals surface area contributed by atoms with Crippen LogP contribution in [0.1, 0.15) is 20.7 Å². The first-order valence-electron chi connectivity index (χ1n) is 6.31. The molecule has 0 aliphatic heterocycles. The van der Waals surface area contributed by atoms with Crippen molar-refractivity contribution in [3.8, 4) is 22.6 Å². The molecule has 0 aromatic heterocycles. The Hall–Kier alpha value is -3.02. The molecular formula is C16H14O6. The largest absolute Gasteiger partial charge is 0.507 e. The van der Waals surface area contributed by atoms with Crippen LogP contribution < -0.4 is 0 Å². The summed E-state index contributed by atoms with van der Waals surface area (Å²) in [4.78, 5) is 22.8. The van der Waals surface area contributed by atoms with Crippen LogP contribution in [-0.2, 0) is 9.47 Å². The van der Waals surface area contributed by atoms with Gasteiger partial charge < -0.3 is 19.7 Å². The minimum Gasteiger partial charge on any atom is -0.507 e. The van der Waals surface area contributed by atoms with E-state index in [9.17, 15) is 19.8 Å². The second-order valence-corrected chi connectivity index (χ2v) is 4.45. The number of aromatic hydroxyl groups is 2. The van der Waals surface area contributed by atoms with Gasteiger partial charge in [0, 0.05) is 0 Å². The van der Waals surface area contributed by atoms with Crippen LogP contribution in [0.2, 0.25) is 0 Å². The molecule has 0 radical (unpaired) electrons. The highest BCUT2D eigenvalue weighted by Crippen LogP contribution is 2.30. The van der Waals surface area contributed by atoms with Gasteiger partial charge in [0.15, 0.2) is 0 Å². The first kappa shape index (κ1) is 15.4. The van der Waals surface area contributed by atoms with Gasteiger partial charge in [-0.15, -0.1) is 0 Å². The average Bonchev–Trinajstić information content (AvgIpc) is 2.53. The molecule has 0 aliphatic rings. The molecule has 6 nitrogen and oxygen atoms in total. The number of carbonyl (C=O) groups is 2. The molecule has 0 saturated carbocycles. The van der Waals surface area contributed by atoms with Crippen LogP contribution in [0.25, 0.3) is 11.1 Å². The quantitative estimate of drug-likeness (QED) is 0.845. The van der Waals surface area contributed by atoms with E-state index >= 15 is 0 Å². The minimum atomic E-state index is -0.645. The van der Waals surface area contributed by atoms with E-state index in [1.807, 2.05) is 0 Å². The molecule has 0 unspecified atom stereocenters. The van der Waals surface area contributed by atoms with Gasteiger partial charge in [-0.25, -0.2) is 9.59 Å². The Morgan fingerprint density at radius 3 is 1.41 bits per heavy atom. The second kappa shape index (κ2) is 6.17. The Balaban J connectivity index is 2.41. The summed E-state index contributed by atoms with van der Waals surface area (Å²) in [6.07, 6.45) is 0. The van der Waals surface area contributed by atoms with Crippen molar-refractivity contribution in [3.63, 3.8) is 0 Å². The molecule has 2 aromatic carbocycles. The average molecular weight is 302 g/mol. The van der Waals surface area contributed by atoms with E-state index in [2.05, 4.69) is 9.47 Å². The van der Waals surface area contributed by atoms with Crippen LogP contribution in [0.3, 0.4) is 0 Å². The van der Waals surface area contributed by atoms with E-state index in [1.165, 1.54) is 38.5 Å². The monoisotopic (exact) mass is 302 g/mol.